The molecule has 0 N–H and O–H groups in total. The lowest BCUT2D eigenvalue weighted by Gasteiger charge is -2.19. The van der Waals surface area contributed by atoms with Gasteiger partial charge in [0.1, 0.15) is 5.17 Å². The standard InChI is InChI=1S/C15H10Cl2F5N/c1-5-3-6(2)14(7(16)4-5)23-15(17)8-9(18)11(20)13(22)12(21)10(8)19/h4,6H,3H2,1-2H3/b23-15+. The van der Waals surface area contributed by atoms with Gasteiger partial charge in [-0.1, -0.05) is 35.7 Å². The van der Waals surface area contributed by atoms with Crippen LogP contribution in [-0.2, 0) is 0 Å². The van der Waals surface area contributed by atoms with E-state index in [1.165, 1.54) is 0 Å². The maximum atomic E-state index is 13.7. The molecular weight excluding hydrogens is 360 g/mol. The van der Waals surface area contributed by atoms with E-state index in [9.17, 15) is 22.0 Å². The first-order valence-electron chi connectivity index (χ1n) is 6.48. The van der Waals surface area contributed by atoms with Crippen LogP contribution in [-0.4, -0.2) is 5.17 Å². The van der Waals surface area contributed by atoms with E-state index in [-0.39, 0.29) is 16.6 Å². The van der Waals surface area contributed by atoms with E-state index in [0.29, 0.717) is 6.42 Å². The predicted molar refractivity (Wildman–Crippen MR) is 79.0 cm³/mol. The van der Waals surface area contributed by atoms with Crippen LogP contribution in [0.3, 0.4) is 0 Å². The first-order valence-corrected chi connectivity index (χ1v) is 7.23. The minimum Gasteiger partial charge on any atom is -0.238 e. The number of rotatable bonds is 2. The van der Waals surface area contributed by atoms with Gasteiger partial charge in [0.05, 0.1) is 16.3 Å². The van der Waals surface area contributed by atoms with E-state index >= 15 is 0 Å². The van der Waals surface area contributed by atoms with Crippen LogP contribution in [0.25, 0.3) is 0 Å². The average molecular weight is 370 g/mol. The van der Waals surface area contributed by atoms with Crippen LogP contribution in [0.4, 0.5) is 22.0 Å². The van der Waals surface area contributed by atoms with Crippen LogP contribution in [0.5, 0.6) is 0 Å². The van der Waals surface area contributed by atoms with Crippen molar-refractivity contribution in [3.05, 3.63) is 57.0 Å². The molecule has 0 aliphatic heterocycles. The average Bonchev–Trinajstić information content (AvgIpc) is 2.47. The molecule has 0 spiro atoms. The zero-order valence-corrected chi connectivity index (χ0v) is 13.5. The Hall–Kier alpha value is -1.40. The molecule has 1 nitrogen and oxygen atoms in total. The molecule has 2 rings (SSSR count). The van der Waals surface area contributed by atoms with Crippen molar-refractivity contribution in [2.24, 2.45) is 10.9 Å². The summed E-state index contributed by atoms with van der Waals surface area (Å²) in [6.07, 6.45) is 2.18. The van der Waals surface area contributed by atoms with Crippen LogP contribution < -0.4 is 0 Å². The van der Waals surface area contributed by atoms with Gasteiger partial charge < -0.3 is 0 Å². The summed E-state index contributed by atoms with van der Waals surface area (Å²) in [5.41, 5.74) is -0.0986. The highest BCUT2D eigenvalue weighted by Crippen LogP contribution is 2.33. The molecule has 1 atom stereocenters. The maximum Gasteiger partial charge on any atom is 0.200 e. The van der Waals surface area contributed by atoms with Crippen molar-refractivity contribution in [3.63, 3.8) is 0 Å². The molecule has 1 aliphatic carbocycles. The summed E-state index contributed by atoms with van der Waals surface area (Å²) in [4.78, 5) is 3.79. The van der Waals surface area contributed by atoms with Crippen LogP contribution in [0.2, 0.25) is 0 Å². The van der Waals surface area contributed by atoms with Gasteiger partial charge in [-0.2, -0.15) is 0 Å². The SMILES string of the molecule is CC1=CC(Cl)=C(/N=C(/Cl)c2c(F)c(F)c(F)c(F)c2F)C(C)C1. The van der Waals surface area contributed by atoms with Crippen molar-refractivity contribution in [2.75, 3.05) is 0 Å². The number of allylic oxidation sites excluding steroid dienone is 4. The van der Waals surface area contributed by atoms with Crippen molar-refractivity contribution in [1.82, 2.24) is 0 Å². The highest BCUT2D eigenvalue weighted by molar-refractivity contribution is 6.69. The van der Waals surface area contributed by atoms with Gasteiger partial charge in [-0.3, -0.25) is 0 Å². The number of halogens is 7. The Morgan fingerprint density at radius 2 is 1.52 bits per heavy atom. The summed E-state index contributed by atoms with van der Waals surface area (Å²) in [7, 11) is 0. The number of nitrogens with zero attached hydrogens (tertiary/aromatic N) is 1. The second-order valence-electron chi connectivity index (χ2n) is 5.18. The summed E-state index contributed by atoms with van der Waals surface area (Å²) in [6.45, 7) is 3.59. The minimum absolute atomic E-state index is 0.197. The summed E-state index contributed by atoms with van der Waals surface area (Å²) < 4.78 is 66.9. The fourth-order valence-corrected chi connectivity index (χ4v) is 2.95. The van der Waals surface area contributed by atoms with Crippen LogP contribution >= 0.6 is 23.2 Å². The van der Waals surface area contributed by atoms with E-state index < -0.39 is 39.8 Å². The minimum atomic E-state index is -2.25. The van der Waals surface area contributed by atoms with E-state index in [1.54, 1.807) is 13.0 Å². The highest BCUT2D eigenvalue weighted by Gasteiger charge is 2.28. The molecule has 0 aromatic heterocycles. The lowest BCUT2D eigenvalue weighted by Crippen LogP contribution is -2.12. The molecule has 1 aromatic carbocycles. The van der Waals surface area contributed by atoms with E-state index in [1.807, 2.05) is 6.92 Å². The quantitative estimate of drug-likeness (QED) is 0.270. The van der Waals surface area contributed by atoms with Gasteiger partial charge in [-0.05, 0) is 19.4 Å². The normalized spacial score (nSPS) is 19.3. The number of aliphatic imine (C=N–C) groups is 1. The van der Waals surface area contributed by atoms with Gasteiger partial charge in [0.15, 0.2) is 23.3 Å². The topological polar surface area (TPSA) is 12.4 Å². The molecule has 0 saturated carbocycles. The molecule has 0 heterocycles. The number of benzene rings is 1. The second kappa shape index (κ2) is 6.61. The third-order valence-corrected chi connectivity index (χ3v) is 3.92. The first-order chi connectivity index (χ1) is 10.6. The number of hydrogen-bond acceptors (Lipinski definition) is 1. The van der Waals surface area contributed by atoms with Gasteiger partial charge in [0.2, 0.25) is 5.82 Å². The summed E-state index contributed by atoms with van der Waals surface area (Å²) in [6, 6.07) is 0. The third kappa shape index (κ3) is 3.28. The van der Waals surface area contributed by atoms with Crippen molar-refractivity contribution in [2.45, 2.75) is 20.3 Å². The fourth-order valence-electron chi connectivity index (χ4n) is 2.28. The molecule has 1 aliphatic rings. The maximum absolute atomic E-state index is 13.7. The van der Waals surface area contributed by atoms with Crippen molar-refractivity contribution in [1.29, 1.82) is 0 Å². The molecule has 0 radical (unpaired) electrons. The monoisotopic (exact) mass is 369 g/mol. The van der Waals surface area contributed by atoms with Gasteiger partial charge in [0, 0.05) is 5.92 Å². The predicted octanol–water partition coefficient (Wildman–Crippen LogP) is 5.80. The van der Waals surface area contributed by atoms with Crippen molar-refractivity contribution >= 4 is 28.4 Å². The zero-order chi connectivity index (χ0) is 17.5. The van der Waals surface area contributed by atoms with E-state index in [0.717, 1.165) is 5.57 Å². The zero-order valence-electron chi connectivity index (χ0n) is 12.0. The van der Waals surface area contributed by atoms with Gasteiger partial charge >= 0.3 is 0 Å². The lowest BCUT2D eigenvalue weighted by atomic mass is 9.94. The molecule has 0 amide bonds. The first kappa shape index (κ1) is 17.9. The number of hydrogen-bond donors (Lipinski definition) is 0. The summed E-state index contributed by atoms with van der Waals surface area (Å²) >= 11 is 11.7. The van der Waals surface area contributed by atoms with Crippen molar-refractivity contribution in [3.8, 4) is 0 Å². The Kier molecular flexibility index (Phi) is 5.16. The highest BCUT2D eigenvalue weighted by atomic mass is 35.5. The van der Waals surface area contributed by atoms with Crippen LogP contribution in [0.15, 0.2) is 27.4 Å². The van der Waals surface area contributed by atoms with E-state index in [2.05, 4.69) is 4.99 Å². The molecule has 23 heavy (non-hydrogen) atoms. The second-order valence-corrected chi connectivity index (χ2v) is 5.94. The fraction of sp³-hybridized carbons (Fsp3) is 0.267. The molecule has 1 aromatic rings. The van der Waals surface area contributed by atoms with Crippen molar-refractivity contribution < 1.29 is 22.0 Å². The summed E-state index contributed by atoms with van der Waals surface area (Å²) in [5, 5.41) is -0.658. The lowest BCUT2D eigenvalue weighted by molar-refractivity contribution is 0.377. The Labute approximate surface area is 139 Å². The Morgan fingerprint density at radius 3 is 2.00 bits per heavy atom. The van der Waals surface area contributed by atoms with Crippen LogP contribution in [0, 0.1) is 35.0 Å². The van der Waals surface area contributed by atoms with Gasteiger partial charge in [-0.25, -0.2) is 26.9 Å². The Bertz CT molecular complexity index is 739. The molecule has 0 bridgehead atoms. The molecule has 8 heteroatoms. The van der Waals surface area contributed by atoms with Gasteiger partial charge in [-0.15, -0.1) is 0 Å². The Balaban J connectivity index is 2.62. The molecular formula is C15H10Cl2F5N. The molecule has 124 valence electrons. The summed E-state index contributed by atoms with van der Waals surface area (Å²) in [5.74, 6) is -10.7. The van der Waals surface area contributed by atoms with E-state index in [4.69, 9.17) is 23.2 Å². The largest absolute Gasteiger partial charge is 0.238 e. The molecule has 0 saturated heterocycles. The molecule has 1 unspecified atom stereocenters. The Morgan fingerprint density at radius 1 is 1.04 bits per heavy atom. The van der Waals surface area contributed by atoms with Crippen LogP contribution in [0.1, 0.15) is 25.8 Å². The molecule has 0 fully saturated rings. The smallest absolute Gasteiger partial charge is 0.200 e. The van der Waals surface area contributed by atoms with Gasteiger partial charge in [0.25, 0.3) is 0 Å². The third-order valence-electron chi connectivity index (χ3n) is 3.35.